The molecule has 118 valence electrons. The fourth-order valence-corrected chi connectivity index (χ4v) is 2.24. The first kappa shape index (κ1) is 15.3. The van der Waals surface area contributed by atoms with Crippen LogP contribution >= 0.6 is 11.6 Å². The number of hydrogen-bond donors (Lipinski definition) is 2. The summed E-state index contributed by atoms with van der Waals surface area (Å²) in [6, 6.07) is 4.95. The molecule has 2 heterocycles. The number of nitrogens with two attached hydrogens (primary N) is 1. The zero-order valence-corrected chi connectivity index (χ0v) is 12.9. The van der Waals surface area contributed by atoms with Crippen LogP contribution < -0.4 is 11.1 Å². The lowest BCUT2D eigenvalue weighted by atomic mass is 10.1. The summed E-state index contributed by atoms with van der Waals surface area (Å²) in [7, 11) is 1.79. The molecule has 9 heteroatoms. The number of benzene rings is 1. The fourth-order valence-electron chi connectivity index (χ4n) is 2.00. The van der Waals surface area contributed by atoms with Gasteiger partial charge in [0.2, 0.25) is 5.95 Å². The van der Waals surface area contributed by atoms with Gasteiger partial charge in [0.25, 0.3) is 0 Å². The average molecular weight is 334 g/mol. The highest BCUT2D eigenvalue weighted by Crippen LogP contribution is 2.28. The lowest BCUT2D eigenvalue weighted by molar-refractivity contribution is 0.628. The summed E-state index contributed by atoms with van der Waals surface area (Å²) in [5.41, 5.74) is 6.21. The number of aryl methyl sites for hydroxylation is 1. The zero-order valence-electron chi connectivity index (χ0n) is 12.2. The number of rotatable bonds is 4. The Balaban J connectivity index is 1.95. The van der Waals surface area contributed by atoms with Gasteiger partial charge in [0.05, 0.1) is 10.6 Å². The molecule has 0 saturated heterocycles. The number of nitrogens with zero attached hydrogens (tertiary/aromatic N) is 5. The van der Waals surface area contributed by atoms with Gasteiger partial charge in [0.15, 0.2) is 17.5 Å². The molecular weight excluding hydrogens is 321 g/mol. The van der Waals surface area contributed by atoms with Crippen LogP contribution in [-0.2, 0) is 13.6 Å². The van der Waals surface area contributed by atoms with E-state index >= 15 is 0 Å². The van der Waals surface area contributed by atoms with Gasteiger partial charge in [-0.3, -0.25) is 4.68 Å². The summed E-state index contributed by atoms with van der Waals surface area (Å²) in [4.78, 5) is 12.2. The third-order valence-electron chi connectivity index (χ3n) is 3.15. The van der Waals surface area contributed by atoms with Crippen LogP contribution in [0.4, 0.5) is 16.2 Å². The molecule has 0 spiro atoms. The molecule has 7 nitrogen and oxygen atoms in total. The lowest BCUT2D eigenvalue weighted by Crippen LogP contribution is -2.03. The van der Waals surface area contributed by atoms with Gasteiger partial charge in [-0.15, -0.1) is 0 Å². The molecular formula is C14H13ClFN7. The van der Waals surface area contributed by atoms with E-state index in [1.807, 2.05) is 0 Å². The van der Waals surface area contributed by atoms with Crippen molar-refractivity contribution in [3.63, 3.8) is 0 Å². The van der Waals surface area contributed by atoms with Gasteiger partial charge in [-0.25, -0.2) is 14.4 Å². The van der Waals surface area contributed by atoms with Crippen molar-refractivity contribution in [2.45, 2.75) is 6.54 Å². The first-order valence-electron chi connectivity index (χ1n) is 6.71. The molecule has 23 heavy (non-hydrogen) atoms. The third kappa shape index (κ3) is 3.13. The first-order valence-corrected chi connectivity index (χ1v) is 7.09. The molecule has 3 aromatic rings. The van der Waals surface area contributed by atoms with Crippen molar-refractivity contribution in [2.75, 3.05) is 5.32 Å². The predicted molar refractivity (Wildman–Crippen MR) is 84.6 cm³/mol. The SMILES string of the molecule is Cn1ccc(Nc2ncnc(-c3ccc(CN)c(Cl)c3F)n2)n1. The monoisotopic (exact) mass is 333 g/mol. The van der Waals surface area contributed by atoms with Crippen molar-refractivity contribution in [3.8, 4) is 11.4 Å². The molecule has 0 atom stereocenters. The summed E-state index contributed by atoms with van der Waals surface area (Å²) in [6.45, 7) is 0.152. The molecule has 0 aliphatic rings. The smallest absolute Gasteiger partial charge is 0.231 e. The van der Waals surface area contributed by atoms with E-state index in [1.165, 1.54) is 6.33 Å². The minimum atomic E-state index is -0.607. The van der Waals surface area contributed by atoms with E-state index in [0.29, 0.717) is 11.4 Å². The molecule has 0 saturated carbocycles. The molecule has 0 amide bonds. The minimum absolute atomic E-state index is 0.0235. The molecule has 0 radical (unpaired) electrons. The largest absolute Gasteiger partial charge is 0.326 e. The molecule has 0 aliphatic carbocycles. The van der Waals surface area contributed by atoms with Crippen molar-refractivity contribution in [2.24, 2.45) is 12.8 Å². The molecule has 2 aromatic heterocycles. The Hall–Kier alpha value is -2.58. The molecule has 3 N–H and O–H groups in total. The van der Waals surface area contributed by atoms with Gasteiger partial charge in [-0.1, -0.05) is 17.7 Å². The Kier molecular flexibility index (Phi) is 4.18. The molecule has 0 aliphatic heterocycles. The van der Waals surface area contributed by atoms with Crippen molar-refractivity contribution in [1.29, 1.82) is 0 Å². The maximum absolute atomic E-state index is 14.4. The van der Waals surface area contributed by atoms with Crippen LogP contribution in [0.2, 0.25) is 5.02 Å². The quantitative estimate of drug-likeness (QED) is 0.760. The Morgan fingerprint density at radius 2 is 2.13 bits per heavy atom. The van der Waals surface area contributed by atoms with Gasteiger partial charge in [0, 0.05) is 25.9 Å². The van der Waals surface area contributed by atoms with Gasteiger partial charge < -0.3 is 11.1 Å². The maximum atomic E-state index is 14.4. The van der Waals surface area contributed by atoms with Gasteiger partial charge in [-0.2, -0.15) is 10.1 Å². The number of aromatic nitrogens is 5. The van der Waals surface area contributed by atoms with Crippen molar-refractivity contribution in [3.05, 3.63) is 47.1 Å². The van der Waals surface area contributed by atoms with Crippen molar-refractivity contribution in [1.82, 2.24) is 24.7 Å². The standard InChI is InChI=1S/C14H13ClFN7/c1-23-5-4-10(22-23)20-14-19-7-18-13(21-14)9-3-2-8(6-17)11(15)12(9)16/h2-5,7H,6,17H2,1H3,(H,18,19,20,21,22). The Morgan fingerprint density at radius 3 is 2.83 bits per heavy atom. The van der Waals surface area contributed by atoms with E-state index in [1.54, 1.807) is 36.1 Å². The van der Waals surface area contributed by atoms with Crippen LogP contribution in [0.15, 0.2) is 30.7 Å². The molecule has 1 aromatic carbocycles. The summed E-state index contributed by atoms with van der Waals surface area (Å²) in [5, 5.41) is 7.06. The van der Waals surface area contributed by atoms with E-state index in [-0.39, 0.29) is 28.9 Å². The maximum Gasteiger partial charge on any atom is 0.231 e. The number of nitrogens with one attached hydrogen (secondary N) is 1. The first-order chi connectivity index (χ1) is 11.1. The van der Waals surface area contributed by atoms with E-state index in [9.17, 15) is 4.39 Å². The zero-order chi connectivity index (χ0) is 16.4. The lowest BCUT2D eigenvalue weighted by Gasteiger charge is -2.08. The normalized spacial score (nSPS) is 10.8. The Labute approximate surface area is 136 Å². The van der Waals surface area contributed by atoms with Crippen LogP contribution in [-0.4, -0.2) is 24.7 Å². The highest BCUT2D eigenvalue weighted by molar-refractivity contribution is 6.31. The second-order valence-corrected chi connectivity index (χ2v) is 5.11. The number of hydrogen-bond acceptors (Lipinski definition) is 6. The minimum Gasteiger partial charge on any atom is -0.326 e. The van der Waals surface area contributed by atoms with Crippen LogP contribution in [0.25, 0.3) is 11.4 Å². The summed E-state index contributed by atoms with van der Waals surface area (Å²) < 4.78 is 16.0. The number of anilines is 2. The Morgan fingerprint density at radius 1 is 1.30 bits per heavy atom. The van der Waals surface area contributed by atoms with Crippen molar-refractivity contribution >= 4 is 23.4 Å². The number of halogens is 2. The molecule has 0 unspecified atom stereocenters. The van der Waals surface area contributed by atoms with E-state index in [0.717, 1.165) is 0 Å². The second kappa shape index (κ2) is 6.27. The second-order valence-electron chi connectivity index (χ2n) is 4.74. The van der Waals surface area contributed by atoms with E-state index in [2.05, 4.69) is 25.4 Å². The Bertz CT molecular complexity index is 849. The van der Waals surface area contributed by atoms with Gasteiger partial charge in [-0.05, 0) is 11.6 Å². The highest BCUT2D eigenvalue weighted by atomic mass is 35.5. The van der Waals surface area contributed by atoms with Gasteiger partial charge in [0.1, 0.15) is 6.33 Å². The average Bonchev–Trinajstić information content (AvgIpc) is 2.95. The van der Waals surface area contributed by atoms with Crippen LogP contribution in [0.5, 0.6) is 0 Å². The topological polar surface area (TPSA) is 94.5 Å². The molecule has 0 fully saturated rings. The molecule has 0 bridgehead atoms. The highest BCUT2D eigenvalue weighted by Gasteiger charge is 2.15. The third-order valence-corrected chi connectivity index (χ3v) is 3.56. The predicted octanol–water partition coefficient (Wildman–Crippen LogP) is 2.27. The summed E-state index contributed by atoms with van der Waals surface area (Å²) in [5.74, 6) is 0.389. The van der Waals surface area contributed by atoms with Crippen LogP contribution in [0.3, 0.4) is 0 Å². The van der Waals surface area contributed by atoms with E-state index in [4.69, 9.17) is 17.3 Å². The molecule has 3 rings (SSSR count). The summed E-state index contributed by atoms with van der Waals surface area (Å²) in [6.07, 6.45) is 3.06. The van der Waals surface area contributed by atoms with E-state index < -0.39 is 5.82 Å². The summed E-state index contributed by atoms with van der Waals surface area (Å²) >= 11 is 5.97. The van der Waals surface area contributed by atoms with Crippen LogP contribution in [0, 0.1) is 5.82 Å². The van der Waals surface area contributed by atoms with Crippen molar-refractivity contribution < 1.29 is 4.39 Å². The fraction of sp³-hybridized carbons (Fsp3) is 0.143. The van der Waals surface area contributed by atoms with Gasteiger partial charge >= 0.3 is 0 Å². The van der Waals surface area contributed by atoms with Crippen LogP contribution in [0.1, 0.15) is 5.56 Å².